The third-order valence-corrected chi connectivity index (χ3v) is 2.71. The minimum atomic E-state index is 0.0840. The number of hydrogen-bond acceptors (Lipinski definition) is 3. The molecular formula is C11H18O3. The van der Waals surface area contributed by atoms with Crippen LogP contribution < -0.4 is 0 Å². The Morgan fingerprint density at radius 3 is 2.14 bits per heavy atom. The fourth-order valence-corrected chi connectivity index (χ4v) is 1.87. The van der Waals surface area contributed by atoms with Crippen molar-refractivity contribution in [3.05, 3.63) is 0 Å². The summed E-state index contributed by atoms with van der Waals surface area (Å²) in [4.78, 5) is 21.4. The monoisotopic (exact) mass is 198 g/mol. The summed E-state index contributed by atoms with van der Waals surface area (Å²) in [6, 6.07) is 0. The molecule has 0 radical (unpaired) electrons. The van der Waals surface area contributed by atoms with Crippen LogP contribution in [0.3, 0.4) is 0 Å². The van der Waals surface area contributed by atoms with Crippen molar-refractivity contribution in [3.63, 3.8) is 0 Å². The fraction of sp³-hybridized carbons (Fsp3) is 0.818. The number of hydrogen-bond donors (Lipinski definition) is 0. The third kappa shape index (κ3) is 4.40. The molecule has 0 unspecified atom stereocenters. The SMILES string of the molecule is O=COC1CCCCC(=O)CCCC1. The molecule has 14 heavy (non-hydrogen) atoms. The number of rotatable bonds is 2. The summed E-state index contributed by atoms with van der Waals surface area (Å²) in [6.07, 6.45) is 7.17. The summed E-state index contributed by atoms with van der Waals surface area (Å²) >= 11 is 0. The number of ether oxygens (including phenoxy) is 1. The first-order valence-corrected chi connectivity index (χ1v) is 5.43. The Morgan fingerprint density at radius 1 is 1.07 bits per heavy atom. The molecule has 0 bridgehead atoms. The minimum Gasteiger partial charge on any atom is -0.465 e. The lowest BCUT2D eigenvalue weighted by Gasteiger charge is -2.16. The Morgan fingerprint density at radius 2 is 1.64 bits per heavy atom. The molecule has 0 saturated heterocycles. The standard InChI is InChI=1S/C11H18O3/c12-9-14-11-7-3-1-5-10(13)6-2-4-8-11/h9,11H,1-8H2. The van der Waals surface area contributed by atoms with E-state index in [1.165, 1.54) is 0 Å². The van der Waals surface area contributed by atoms with Crippen LogP contribution in [0, 0.1) is 0 Å². The maximum Gasteiger partial charge on any atom is 0.293 e. The van der Waals surface area contributed by atoms with E-state index in [9.17, 15) is 9.59 Å². The van der Waals surface area contributed by atoms with Gasteiger partial charge in [0.05, 0.1) is 0 Å². The van der Waals surface area contributed by atoms with E-state index in [1.54, 1.807) is 0 Å². The van der Waals surface area contributed by atoms with Crippen molar-refractivity contribution in [1.29, 1.82) is 0 Å². The predicted octanol–water partition coefficient (Wildman–Crippen LogP) is 2.23. The number of carbonyl (C=O) groups is 2. The summed E-state index contributed by atoms with van der Waals surface area (Å²) in [5.74, 6) is 0.389. The molecule has 0 aromatic rings. The lowest BCUT2D eigenvalue weighted by atomic mass is 9.98. The van der Waals surface area contributed by atoms with E-state index in [1.807, 2.05) is 0 Å². The second-order valence-electron chi connectivity index (χ2n) is 3.88. The first-order valence-electron chi connectivity index (χ1n) is 5.43. The van der Waals surface area contributed by atoms with Crippen molar-refractivity contribution in [1.82, 2.24) is 0 Å². The van der Waals surface area contributed by atoms with Gasteiger partial charge in [-0.1, -0.05) is 0 Å². The molecule has 0 aromatic carbocycles. The van der Waals surface area contributed by atoms with E-state index >= 15 is 0 Å². The fourth-order valence-electron chi connectivity index (χ4n) is 1.87. The zero-order valence-electron chi connectivity index (χ0n) is 8.54. The van der Waals surface area contributed by atoms with Gasteiger partial charge in [0.1, 0.15) is 11.9 Å². The molecule has 1 aliphatic rings. The molecule has 0 amide bonds. The lowest BCUT2D eigenvalue weighted by Crippen LogP contribution is -2.13. The van der Waals surface area contributed by atoms with Crippen LogP contribution in [0.5, 0.6) is 0 Å². The van der Waals surface area contributed by atoms with Gasteiger partial charge in [0, 0.05) is 12.8 Å². The molecule has 1 saturated carbocycles. The number of ketones is 1. The Labute approximate surface area is 84.8 Å². The Kier molecular flexibility index (Phi) is 5.27. The molecular weight excluding hydrogens is 180 g/mol. The van der Waals surface area contributed by atoms with Crippen LogP contribution in [0.1, 0.15) is 51.4 Å². The van der Waals surface area contributed by atoms with Crippen LogP contribution in [-0.4, -0.2) is 18.4 Å². The Balaban J connectivity index is 2.30. The largest absolute Gasteiger partial charge is 0.465 e. The van der Waals surface area contributed by atoms with Crippen molar-refractivity contribution in [2.45, 2.75) is 57.5 Å². The highest BCUT2D eigenvalue weighted by Gasteiger charge is 2.12. The maximum absolute atomic E-state index is 11.2. The highest BCUT2D eigenvalue weighted by Crippen LogP contribution is 2.16. The van der Waals surface area contributed by atoms with Crippen molar-refractivity contribution in [3.8, 4) is 0 Å². The molecule has 0 aliphatic heterocycles. The summed E-state index contributed by atoms with van der Waals surface area (Å²) in [7, 11) is 0. The van der Waals surface area contributed by atoms with Crippen LogP contribution in [0.2, 0.25) is 0 Å². The molecule has 1 aliphatic carbocycles. The molecule has 1 rings (SSSR count). The van der Waals surface area contributed by atoms with Gasteiger partial charge in [0.2, 0.25) is 0 Å². The third-order valence-electron chi connectivity index (χ3n) is 2.71. The van der Waals surface area contributed by atoms with E-state index in [2.05, 4.69) is 0 Å². The molecule has 3 heteroatoms. The first kappa shape index (κ1) is 11.2. The maximum atomic E-state index is 11.2. The van der Waals surface area contributed by atoms with E-state index in [0.29, 0.717) is 25.1 Å². The minimum absolute atomic E-state index is 0.0840. The van der Waals surface area contributed by atoms with Gasteiger partial charge in [-0.15, -0.1) is 0 Å². The molecule has 3 nitrogen and oxygen atoms in total. The average molecular weight is 198 g/mol. The van der Waals surface area contributed by atoms with Crippen molar-refractivity contribution < 1.29 is 14.3 Å². The normalized spacial score (nSPS) is 21.6. The average Bonchev–Trinajstić information content (AvgIpc) is 2.19. The van der Waals surface area contributed by atoms with Crippen LogP contribution >= 0.6 is 0 Å². The van der Waals surface area contributed by atoms with E-state index in [-0.39, 0.29) is 6.10 Å². The summed E-state index contributed by atoms with van der Waals surface area (Å²) in [5.41, 5.74) is 0. The van der Waals surface area contributed by atoms with Crippen LogP contribution in [0.15, 0.2) is 0 Å². The topological polar surface area (TPSA) is 43.4 Å². The summed E-state index contributed by atoms with van der Waals surface area (Å²) in [6.45, 7) is 0.543. The van der Waals surface area contributed by atoms with Crippen molar-refractivity contribution in [2.24, 2.45) is 0 Å². The van der Waals surface area contributed by atoms with Gasteiger partial charge in [0.15, 0.2) is 0 Å². The van der Waals surface area contributed by atoms with E-state index in [4.69, 9.17) is 4.74 Å². The van der Waals surface area contributed by atoms with Gasteiger partial charge in [0.25, 0.3) is 6.47 Å². The van der Waals surface area contributed by atoms with Gasteiger partial charge < -0.3 is 4.74 Å². The van der Waals surface area contributed by atoms with Crippen LogP contribution in [-0.2, 0) is 14.3 Å². The predicted molar refractivity (Wildman–Crippen MR) is 52.9 cm³/mol. The Hall–Kier alpha value is -0.860. The van der Waals surface area contributed by atoms with Gasteiger partial charge in [-0.2, -0.15) is 0 Å². The van der Waals surface area contributed by atoms with Gasteiger partial charge in [-0.25, -0.2) is 0 Å². The molecule has 80 valence electrons. The van der Waals surface area contributed by atoms with E-state index in [0.717, 1.165) is 38.5 Å². The molecule has 0 spiro atoms. The highest BCUT2D eigenvalue weighted by atomic mass is 16.5. The summed E-state index contributed by atoms with van der Waals surface area (Å²) in [5, 5.41) is 0. The highest BCUT2D eigenvalue weighted by molar-refractivity contribution is 5.78. The van der Waals surface area contributed by atoms with Crippen LogP contribution in [0.25, 0.3) is 0 Å². The van der Waals surface area contributed by atoms with Gasteiger partial charge in [-0.3, -0.25) is 9.59 Å². The Bertz CT molecular complexity index is 175. The number of Topliss-reactive ketones (excluding diaryl/α,β-unsaturated/α-hetero) is 1. The molecule has 0 atom stereocenters. The number of carbonyl (C=O) groups excluding carboxylic acids is 2. The smallest absolute Gasteiger partial charge is 0.293 e. The van der Waals surface area contributed by atoms with Crippen molar-refractivity contribution >= 4 is 12.3 Å². The summed E-state index contributed by atoms with van der Waals surface area (Å²) < 4.78 is 4.98. The lowest BCUT2D eigenvalue weighted by molar-refractivity contribution is -0.134. The second-order valence-corrected chi connectivity index (χ2v) is 3.88. The van der Waals surface area contributed by atoms with E-state index < -0.39 is 0 Å². The van der Waals surface area contributed by atoms with Gasteiger partial charge in [-0.05, 0) is 38.5 Å². The van der Waals surface area contributed by atoms with Crippen molar-refractivity contribution in [2.75, 3.05) is 0 Å². The molecule has 0 N–H and O–H groups in total. The molecule has 1 fully saturated rings. The quantitative estimate of drug-likeness (QED) is 0.639. The van der Waals surface area contributed by atoms with Crippen LogP contribution in [0.4, 0.5) is 0 Å². The molecule has 0 aromatic heterocycles. The molecule has 0 heterocycles. The second kappa shape index (κ2) is 6.57. The first-order chi connectivity index (χ1) is 6.83. The zero-order valence-corrected chi connectivity index (χ0v) is 8.54. The van der Waals surface area contributed by atoms with Gasteiger partial charge >= 0.3 is 0 Å². The zero-order chi connectivity index (χ0) is 10.2.